The highest BCUT2D eigenvalue weighted by Gasteiger charge is 2.33. The molecular weight excluding hydrogens is 238 g/mol. The number of rotatable bonds is 3. The van der Waals surface area contributed by atoms with Crippen molar-refractivity contribution in [1.82, 2.24) is 5.32 Å². The Kier molecular flexibility index (Phi) is 4.89. The smallest absolute Gasteiger partial charge is 0.332 e. The quantitative estimate of drug-likeness (QED) is 0.629. The van der Waals surface area contributed by atoms with Crippen LogP contribution in [-0.2, 0) is 9.53 Å². The van der Waals surface area contributed by atoms with Gasteiger partial charge in [0.2, 0.25) is 0 Å². The molecule has 0 bridgehead atoms. The predicted octanol–water partition coefficient (Wildman–Crippen LogP) is 3.26. The van der Waals surface area contributed by atoms with Crippen molar-refractivity contribution in [3.63, 3.8) is 0 Å². The van der Waals surface area contributed by atoms with E-state index in [1.165, 1.54) is 12.8 Å². The zero-order chi connectivity index (χ0) is 13.8. The minimum absolute atomic E-state index is 0.106. The highest BCUT2D eigenvalue weighted by Crippen LogP contribution is 2.35. The standard InChI is InChI=1S/C16H27NO2/c1-11(2)14-7-6-12(3)9-15(14)19-16(18)10-13-5-4-8-17-13/h10-12,14-15,17H,4-9H2,1-3H3/b13-10-/t12-,14+,15-/m1/s1. The molecule has 0 aromatic rings. The van der Waals surface area contributed by atoms with Crippen LogP contribution in [-0.4, -0.2) is 18.6 Å². The van der Waals surface area contributed by atoms with Crippen LogP contribution in [0, 0.1) is 17.8 Å². The maximum absolute atomic E-state index is 12.0. The van der Waals surface area contributed by atoms with Crippen LogP contribution in [0.5, 0.6) is 0 Å². The molecule has 19 heavy (non-hydrogen) atoms. The molecule has 2 aliphatic rings. The lowest BCUT2D eigenvalue weighted by atomic mass is 9.75. The van der Waals surface area contributed by atoms with Gasteiger partial charge in [-0.05, 0) is 43.4 Å². The molecule has 0 aromatic heterocycles. The van der Waals surface area contributed by atoms with Crippen LogP contribution in [0.2, 0.25) is 0 Å². The zero-order valence-electron chi connectivity index (χ0n) is 12.4. The summed E-state index contributed by atoms with van der Waals surface area (Å²) in [5.41, 5.74) is 1.04. The highest BCUT2D eigenvalue weighted by atomic mass is 16.5. The molecule has 0 radical (unpaired) electrons. The van der Waals surface area contributed by atoms with Gasteiger partial charge in [0.1, 0.15) is 6.10 Å². The zero-order valence-corrected chi connectivity index (χ0v) is 12.4. The topological polar surface area (TPSA) is 38.3 Å². The van der Waals surface area contributed by atoms with Crippen molar-refractivity contribution >= 4 is 5.97 Å². The summed E-state index contributed by atoms with van der Waals surface area (Å²) in [7, 11) is 0. The Balaban J connectivity index is 1.94. The van der Waals surface area contributed by atoms with E-state index in [0.29, 0.717) is 17.8 Å². The van der Waals surface area contributed by atoms with Crippen LogP contribution in [0.4, 0.5) is 0 Å². The third-order valence-electron chi connectivity index (χ3n) is 4.50. The molecule has 3 heteroatoms. The van der Waals surface area contributed by atoms with Crippen LogP contribution < -0.4 is 5.32 Å². The van der Waals surface area contributed by atoms with Crippen molar-refractivity contribution in [2.75, 3.05) is 6.54 Å². The maximum Gasteiger partial charge on any atom is 0.332 e. The fourth-order valence-electron chi connectivity index (χ4n) is 3.32. The van der Waals surface area contributed by atoms with Gasteiger partial charge in [-0.2, -0.15) is 0 Å². The van der Waals surface area contributed by atoms with E-state index in [4.69, 9.17) is 4.74 Å². The summed E-state index contributed by atoms with van der Waals surface area (Å²) in [6, 6.07) is 0. The first-order valence-corrected chi connectivity index (χ1v) is 7.71. The summed E-state index contributed by atoms with van der Waals surface area (Å²) in [6.45, 7) is 7.71. The van der Waals surface area contributed by atoms with Crippen molar-refractivity contribution < 1.29 is 9.53 Å². The molecule has 0 amide bonds. The largest absolute Gasteiger partial charge is 0.459 e. The molecule has 1 aliphatic heterocycles. The summed E-state index contributed by atoms with van der Waals surface area (Å²) in [5, 5.41) is 3.23. The molecule has 1 aliphatic carbocycles. The lowest BCUT2D eigenvalue weighted by Gasteiger charge is -2.36. The van der Waals surface area contributed by atoms with Gasteiger partial charge < -0.3 is 10.1 Å². The first kappa shape index (κ1) is 14.4. The Morgan fingerprint density at radius 3 is 2.84 bits per heavy atom. The van der Waals surface area contributed by atoms with Crippen LogP contribution in [0.15, 0.2) is 11.8 Å². The van der Waals surface area contributed by atoms with Gasteiger partial charge in [-0.1, -0.05) is 27.2 Å². The third kappa shape index (κ3) is 3.99. The SMILES string of the molecule is CC(C)[C@@H]1CC[C@@H](C)C[C@H]1OC(=O)/C=C1/CCCN1. The minimum Gasteiger partial charge on any atom is -0.459 e. The van der Waals surface area contributed by atoms with E-state index < -0.39 is 0 Å². The summed E-state index contributed by atoms with van der Waals surface area (Å²) in [6.07, 6.45) is 7.33. The van der Waals surface area contributed by atoms with E-state index in [0.717, 1.165) is 31.5 Å². The van der Waals surface area contributed by atoms with E-state index in [-0.39, 0.29) is 12.1 Å². The third-order valence-corrected chi connectivity index (χ3v) is 4.50. The predicted molar refractivity (Wildman–Crippen MR) is 76.5 cm³/mol. The molecule has 3 atom stereocenters. The van der Waals surface area contributed by atoms with Crippen molar-refractivity contribution in [2.24, 2.45) is 17.8 Å². The second-order valence-electron chi connectivity index (χ2n) is 6.50. The van der Waals surface area contributed by atoms with Gasteiger partial charge in [0, 0.05) is 18.3 Å². The van der Waals surface area contributed by atoms with Gasteiger partial charge in [0.25, 0.3) is 0 Å². The van der Waals surface area contributed by atoms with Gasteiger partial charge in [-0.25, -0.2) is 4.79 Å². The van der Waals surface area contributed by atoms with E-state index in [2.05, 4.69) is 26.1 Å². The Morgan fingerprint density at radius 2 is 2.21 bits per heavy atom. The van der Waals surface area contributed by atoms with Gasteiger partial charge in [-0.15, -0.1) is 0 Å². The average molecular weight is 265 g/mol. The summed E-state index contributed by atoms with van der Waals surface area (Å²) < 4.78 is 5.74. The van der Waals surface area contributed by atoms with Crippen LogP contribution in [0.3, 0.4) is 0 Å². The van der Waals surface area contributed by atoms with Crippen LogP contribution in [0.25, 0.3) is 0 Å². The highest BCUT2D eigenvalue weighted by molar-refractivity contribution is 5.82. The molecule has 0 aromatic carbocycles. The lowest BCUT2D eigenvalue weighted by Crippen LogP contribution is -2.35. The van der Waals surface area contributed by atoms with Crippen molar-refractivity contribution in [3.05, 3.63) is 11.8 Å². The fraction of sp³-hybridized carbons (Fsp3) is 0.812. The molecule has 0 spiro atoms. The number of nitrogens with one attached hydrogen (secondary N) is 1. The normalized spacial score (nSPS) is 33.5. The Morgan fingerprint density at radius 1 is 1.42 bits per heavy atom. The van der Waals surface area contributed by atoms with Gasteiger partial charge >= 0.3 is 5.97 Å². The first-order valence-electron chi connectivity index (χ1n) is 7.71. The number of carbonyl (C=O) groups excluding carboxylic acids is 1. The number of carbonyl (C=O) groups is 1. The Bertz CT molecular complexity index is 341. The fourth-order valence-corrected chi connectivity index (χ4v) is 3.32. The molecule has 1 saturated heterocycles. The number of esters is 1. The van der Waals surface area contributed by atoms with Gasteiger partial charge in [0.15, 0.2) is 0 Å². The van der Waals surface area contributed by atoms with Crippen molar-refractivity contribution in [3.8, 4) is 0 Å². The number of hydrogen-bond acceptors (Lipinski definition) is 3. The van der Waals surface area contributed by atoms with Crippen LogP contribution in [0.1, 0.15) is 52.9 Å². The minimum atomic E-state index is -0.158. The monoisotopic (exact) mass is 265 g/mol. The molecule has 1 N–H and O–H groups in total. The second-order valence-corrected chi connectivity index (χ2v) is 6.50. The van der Waals surface area contributed by atoms with Gasteiger partial charge in [-0.3, -0.25) is 0 Å². The Labute approximate surface area is 116 Å². The number of ether oxygens (including phenoxy) is 1. The molecule has 0 unspecified atom stereocenters. The molecule has 2 fully saturated rings. The summed E-state index contributed by atoms with van der Waals surface area (Å²) in [4.78, 5) is 12.0. The van der Waals surface area contributed by atoms with E-state index >= 15 is 0 Å². The summed E-state index contributed by atoms with van der Waals surface area (Å²) >= 11 is 0. The molecular formula is C16H27NO2. The first-order chi connectivity index (χ1) is 9.06. The Hall–Kier alpha value is -0.990. The van der Waals surface area contributed by atoms with Crippen molar-refractivity contribution in [2.45, 2.75) is 59.0 Å². The second kappa shape index (κ2) is 6.44. The summed E-state index contributed by atoms with van der Waals surface area (Å²) in [5.74, 6) is 1.62. The molecule has 3 nitrogen and oxygen atoms in total. The van der Waals surface area contributed by atoms with E-state index in [1.807, 2.05) is 0 Å². The van der Waals surface area contributed by atoms with Gasteiger partial charge in [0.05, 0.1) is 0 Å². The van der Waals surface area contributed by atoms with E-state index in [1.54, 1.807) is 6.08 Å². The van der Waals surface area contributed by atoms with Crippen molar-refractivity contribution in [1.29, 1.82) is 0 Å². The lowest BCUT2D eigenvalue weighted by molar-refractivity contribution is -0.149. The maximum atomic E-state index is 12.0. The molecule has 108 valence electrons. The molecule has 1 saturated carbocycles. The molecule has 2 rings (SSSR count). The van der Waals surface area contributed by atoms with Crippen LogP contribution >= 0.6 is 0 Å². The average Bonchev–Trinajstić information content (AvgIpc) is 2.81. The number of allylic oxidation sites excluding steroid dienone is 1. The number of hydrogen-bond donors (Lipinski definition) is 1. The molecule has 1 heterocycles. The van der Waals surface area contributed by atoms with E-state index in [9.17, 15) is 4.79 Å².